The van der Waals surface area contributed by atoms with Crippen molar-refractivity contribution in [1.29, 1.82) is 0 Å². The molecule has 0 unspecified atom stereocenters. The Bertz CT molecular complexity index is 1300. The van der Waals surface area contributed by atoms with Crippen LogP contribution in [0, 0.1) is 5.82 Å². The molecule has 38 heavy (non-hydrogen) atoms. The van der Waals surface area contributed by atoms with Crippen LogP contribution in [0.3, 0.4) is 0 Å². The average molecular weight is 544 g/mol. The first kappa shape index (κ1) is 26.2. The number of carbonyl (C=O) groups is 1. The maximum Gasteiger partial charge on any atom is 0.320 e. The molecule has 2 aliphatic rings. The van der Waals surface area contributed by atoms with Gasteiger partial charge in [0.25, 0.3) is 0 Å². The Balaban J connectivity index is 1.28. The third kappa shape index (κ3) is 5.71. The van der Waals surface area contributed by atoms with Gasteiger partial charge in [0.15, 0.2) is 11.5 Å². The summed E-state index contributed by atoms with van der Waals surface area (Å²) in [5.41, 5.74) is 1.27. The summed E-state index contributed by atoms with van der Waals surface area (Å²) in [5, 5.41) is 3.94. The van der Waals surface area contributed by atoms with Gasteiger partial charge in [0.05, 0.1) is 37.0 Å². The maximum absolute atomic E-state index is 13.6. The van der Waals surface area contributed by atoms with Crippen LogP contribution in [-0.2, 0) is 4.74 Å². The van der Waals surface area contributed by atoms with Crippen LogP contribution in [0.2, 0.25) is 5.02 Å². The Labute approximate surface area is 225 Å². The third-order valence-electron chi connectivity index (χ3n) is 7.17. The van der Waals surface area contributed by atoms with Crippen LogP contribution in [0.1, 0.15) is 25.7 Å². The van der Waals surface area contributed by atoms with Crippen molar-refractivity contribution >= 4 is 40.0 Å². The predicted molar refractivity (Wildman–Crippen MR) is 143 cm³/mol. The number of fused-ring (bicyclic) bond motifs is 1. The molecule has 5 rings (SSSR count). The molecule has 1 aliphatic heterocycles. The van der Waals surface area contributed by atoms with E-state index in [-0.39, 0.29) is 23.2 Å². The molecule has 0 spiro atoms. The number of aromatic nitrogens is 2. The fraction of sp³-hybridized carbons (Fsp3) is 0.444. The number of hydrogen-bond acceptors (Lipinski definition) is 7. The number of halogens is 2. The highest BCUT2D eigenvalue weighted by atomic mass is 35.5. The summed E-state index contributed by atoms with van der Waals surface area (Å²) >= 11 is 5.94. The summed E-state index contributed by atoms with van der Waals surface area (Å²) in [4.78, 5) is 25.4. The Morgan fingerprint density at radius 3 is 2.61 bits per heavy atom. The van der Waals surface area contributed by atoms with Gasteiger partial charge >= 0.3 is 6.03 Å². The quantitative estimate of drug-likeness (QED) is 0.454. The van der Waals surface area contributed by atoms with Gasteiger partial charge in [-0.15, -0.1) is 0 Å². The molecule has 1 saturated heterocycles. The predicted octanol–water partition coefficient (Wildman–Crippen LogP) is 5.25. The Morgan fingerprint density at radius 2 is 1.89 bits per heavy atom. The topological polar surface area (TPSA) is 89.1 Å². The van der Waals surface area contributed by atoms with E-state index in [1.165, 1.54) is 18.5 Å². The van der Waals surface area contributed by atoms with Crippen LogP contribution < -0.4 is 14.8 Å². The molecule has 202 valence electrons. The molecule has 1 saturated carbocycles. The van der Waals surface area contributed by atoms with Crippen molar-refractivity contribution in [3.63, 3.8) is 0 Å². The lowest BCUT2D eigenvalue weighted by molar-refractivity contribution is 0.0369. The number of ether oxygens (including phenoxy) is 3. The first-order valence-electron chi connectivity index (χ1n) is 12.7. The molecule has 2 amide bonds. The number of methoxy groups -OCH3 is 1. The number of nitrogens with one attached hydrogen (secondary N) is 1. The molecule has 2 aromatic carbocycles. The standard InChI is InChI=1S/C27H31ClFN5O4/c1-33(27(35)34-9-11-37-12-10-34)18-4-6-19(7-5-18)38-25-14-20-23(15-24(25)36-2)30-16-31-26(20)32-17-3-8-22(29)21(28)13-17/h3,8,13-16,18-19H,4-7,9-12H2,1-2H3,(H,30,31,32). The molecule has 11 heteroatoms. The number of amides is 2. The van der Waals surface area contributed by atoms with E-state index in [1.807, 2.05) is 29.0 Å². The third-order valence-corrected chi connectivity index (χ3v) is 7.46. The Hall–Kier alpha value is -3.37. The zero-order valence-corrected chi connectivity index (χ0v) is 22.2. The van der Waals surface area contributed by atoms with Crippen molar-refractivity contribution < 1.29 is 23.4 Å². The SMILES string of the molecule is COc1cc2ncnc(Nc3ccc(F)c(Cl)c3)c2cc1OC1CCC(N(C)C(=O)N2CCOCC2)CC1. The molecule has 3 aromatic rings. The smallest absolute Gasteiger partial charge is 0.320 e. The number of nitrogens with zero attached hydrogens (tertiary/aromatic N) is 4. The first-order chi connectivity index (χ1) is 18.4. The van der Waals surface area contributed by atoms with Crippen LogP contribution >= 0.6 is 11.6 Å². The normalized spacial score (nSPS) is 19.7. The van der Waals surface area contributed by atoms with Crippen molar-refractivity contribution in [2.75, 3.05) is 45.8 Å². The minimum Gasteiger partial charge on any atom is -0.493 e. The van der Waals surface area contributed by atoms with Gasteiger partial charge in [-0.05, 0) is 49.9 Å². The summed E-state index contributed by atoms with van der Waals surface area (Å²) in [6, 6.07) is 8.32. The molecule has 2 heterocycles. The second-order valence-electron chi connectivity index (χ2n) is 9.54. The minimum atomic E-state index is -0.489. The van der Waals surface area contributed by atoms with Gasteiger partial charge in [-0.25, -0.2) is 19.2 Å². The van der Waals surface area contributed by atoms with Crippen LogP contribution in [-0.4, -0.2) is 78.4 Å². The van der Waals surface area contributed by atoms with Crippen molar-refractivity contribution in [2.24, 2.45) is 0 Å². The molecular weight excluding hydrogens is 513 g/mol. The molecule has 0 bridgehead atoms. The van der Waals surface area contributed by atoms with E-state index >= 15 is 0 Å². The van der Waals surface area contributed by atoms with Gasteiger partial charge in [0.1, 0.15) is 18.0 Å². The van der Waals surface area contributed by atoms with Crippen molar-refractivity contribution in [3.8, 4) is 11.5 Å². The van der Waals surface area contributed by atoms with Gasteiger partial charge in [-0.2, -0.15) is 0 Å². The van der Waals surface area contributed by atoms with E-state index in [9.17, 15) is 9.18 Å². The highest BCUT2D eigenvalue weighted by molar-refractivity contribution is 6.31. The van der Waals surface area contributed by atoms with Gasteiger partial charge in [-0.3, -0.25) is 0 Å². The lowest BCUT2D eigenvalue weighted by Crippen LogP contribution is -2.51. The maximum atomic E-state index is 13.6. The Kier molecular flexibility index (Phi) is 7.99. The molecule has 1 N–H and O–H groups in total. The van der Waals surface area contributed by atoms with Gasteiger partial charge in [0.2, 0.25) is 0 Å². The monoisotopic (exact) mass is 543 g/mol. The molecular formula is C27H31ClFN5O4. The second kappa shape index (κ2) is 11.6. The summed E-state index contributed by atoms with van der Waals surface area (Å²) in [6.07, 6.45) is 4.78. The van der Waals surface area contributed by atoms with Crippen LogP contribution in [0.5, 0.6) is 11.5 Å². The number of urea groups is 1. The molecule has 1 aromatic heterocycles. The first-order valence-corrected chi connectivity index (χ1v) is 13.1. The van der Waals surface area contributed by atoms with Gasteiger partial charge in [0, 0.05) is 43.3 Å². The molecule has 9 nitrogen and oxygen atoms in total. The lowest BCUT2D eigenvalue weighted by Gasteiger charge is -2.38. The highest BCUT2D eigenvalue weighted by Crippen LogP contribution is 2.37. The van der Waals surface area contributed by atoms with Crippen LogP contribution in [0.15, 0.2) is 36.7 Å². The molecule has 0 atom stereocenters. The largest absolute Gasteiger partial charge is 0.493 e. The number of benzene rings is 2. The van der Waals surface area contributed by atoms with E-state index in [4.69, 9.17) is 25.8 Å². The number of rotatable bonds is 6. The van der Waals surface area contributed by atoms with E-state index in [0.717, 1.165) is 31.1 Å². The second-order valence-corrected chi connectivity index (χ2v) is 9.94. The molecule has 1 aliphatic carbocycles. The van der Waals surface area contributed by atoms with E-state index < -0.39 is 5.82 Å². The van der Waals surface area contributed by atoms with E-state index in [2.05, 4.69) is 15.3 Å². The highest BCUT2D eigenvalue weighted by Gasteiger charge is 2.30. The average Bonchev–Trinajstić information content (AvgIpc) is 2.95. The number of carbonyl (C=O) groups excluding carboxylic acids is 1. The Morgan fingerprint density at radius 1 is 1.13 bits per heavy atom. The van der Waals surface area contributed by atoms with Gasteiger partial charge < -0.3 is 29.3 Å². The molecule has 2 fully saturated rings. The number of morpholine rings is 1. The number of hydrogen-bond donors (Lipinski definition) is 1. The minimum absolute atomic E-state index is 0.0126. The zero-order chi connectivity index (χ0) is 26.6. The van der Waals surface area contributed by atoms with Crippen molar-refractivity contribution in [2.45, 2.75) is 37.8 Å². The van der Waals surface area contributed by atoms with Crippen LogP contribution in [0.25, 0.3) is 10.9 Å². The zero-order valence-electron chi connectivity index (χ0n) is 21.5. The molecule has 0 radical (unpaired) electrons. The fourth-order valence-electron chi connectivity index (χ4n) is 4.99. The summed E-state index contributed by atoms with van der Waals surface area (Å²) < 4.78 is 31.0. The van der Waals surface area contributed by atoms with Crippen LogP contribution in [0.4, 0.5) is 20.7 Å². The fourth-order valence-corrected chi connectivity index (χ4v) is 5.17. The summed E-state index contributed by atoms with van der Waals surface area (Å²) in [7, 11) is 3.48. The van der Waals surface area contributed by atoms with Crippen molar-refractivity contribution in [1.82, 2.24) is 19.8 Å². The van der Waals surface area contributed by atoms with Gasteiger partial charge in [-0.1, -0.05) is 11.6 Å². The summed E-state index contributed by atoms with van der Waals surface area (Å²) in [5.74, 6) is 1.22. The number of anilines is 2. The van der Waals surface area contributed by atoms with E-state index in [0.29, 0.717) is 54.8 Å². The van der Waals surface area contributed by atoms with E-state index in [1.54, 1.807) is 13.2 Å². The summed E-state index contributed by atoms with van der Waals surface area (Å²) in [6.45, 7) is 2.46. The van der Waals surface area contributed by atoms with Crippen molar-refractivity contribution in [3.05, 3.63) is 47.5 Å². The lowest BCUT2D eigenvalue weighted by atomic mass is 9.92.